The zero-order valence-corrected chi connectivity index (χ0v) is 6.64. The van der Waals surface area contributed by atoms with Crippen LogP contribution in [0.15, 0.2) is 37.3 Å². The van der Waals surface area contributed by atoms with E-state index in [1.165, 1.54) is 0 Å². The molecule has 0 fully saturated rings. The Labute approximate surface area is 70.4 Å². The van der Waals surface area contributed by atoms with Gasteiger partial charge in [-0.1, -0.05) is 6.08 Å². The van der Waals surface area contributed by atoms with Crippen LogP contribution in [0.4, 0.5) is 0 Å². The molecule has 0 atom stereocenters. The smallest absolute Gasteiger partial charge is 0.177 e. The van der Waals surface area contributed by atoms with Crippen molar-refractivity contribution in [2.24, 2.45) is 0 Å². The molecule has 3 heteroatoms. The SMILES string of the molecule is C=CCn1cnc2ncccc21. The van der Waals surface area contributed by atoms with Crippen molar-refractivity contribution in [3.63, 3.8) is 0 Å². The average molecular weight is 159 g/mol. The molecule has 0 aliphatic carbocycles. The molecule has 0 spiro atoms. The lowest BCUT2D eigenvalue weighted by Gasteiger charge is -1.96. The summed E-state index contributed by atoms with van der Waals surface area (Å²) in [5.74, 6) is 0. The highest BCUT2D eigenvalue weighted by Gasteiger charge is 1.98. The number of fused-ring (bicyclic) bond motifs is 1. The minimum Gasteiger partial charge on any atom is -0.325 e. The highest BCUT2D eigenvalue weighted by molar-refractivity contribution is 5.70. The van der Waals surface area contributed by atoms with E-state index >= 15 is 0 Å². The molecule has 2 heterocycles. The number of pyridine rings is 1. The van der Waals surface area contributed by atoms with Crippen LogP contribution in [0.5, 0.6) is 0 Å². The minimum absolute atomic E-state index is 0.780. The second kappa shape index (κ2) is 2.77. The van der Waals surface area contributed by atoms with Crippen LogP contribution in [-0.2, 0) is 6.54 Å². The third-order valence-electron chi connectivity index (χ3n) is 1.72. The third kappa shape index (κ3) is 0.993. The number of hydrogen-bond donors (Lipinski definition) is 0. The lowest BCUT2D eigenvalue weighted by Crippen LogP contribution is -1.91. The summed E-state index contributed by atoms with van der Waals surface area (Å²) in [6.45, 7) is 4.45. The first kappa shape index (κ1) is 7.03. The summed E-state index contributed by atoms with van der Waals surface area (Å²) in [4.78, 5) is 8.26. The van der Waals surface area contributed by atoms with Gasteiger partial charge in [0, 0.05) is 12.7 Å². The van der Waals surface area contributed by atoms with Crippen molar-refractivity contribution in [2.75, 3.05) is 0 Å². The fourth-order valence-electron chi connectivity index (χ4n) is 1.18. The first-order valence-corrected chi connectivity index (χ1v) is 3.78. The Morgan fingerprint density at radius 2 is 2.42 bits per heavy atom. The molecule has 0 N–H and O–H groups in total. The molecular weight excluding hydrogens is 150 g/mol. The van der Waals surface area contributed by atoms with Crippen molar-refractivity contribution in [3.05, 3.63) is 37.3 Å². The zero-order chi connectivity index (χ0) is 8.39. The van der Waals surface area contributed by atoms with Gasteiger partial charge in [0.2, 0.25) is 0 Å². The molecule has 0 bridgehead atoms. The highest BCUT2D eigenvalue weighted by Crippen LogP contribution is 2.08. The maximum Gasteiger partial charge on any atom is 0.177 e. The Morgan fingerprint density at radius 3 is 3.25 bits per heavy atom. The number of hydrogen-bond acceptors (Lipinski definition) is 2. The molecule has 2 rings (SSSR count). The second-order valence-electron chi connectivity index (χ2n) is 2.53. The van der Waals surface area contributed by atoms with Crippen molar-refractivity contribution in [2.45, 2.75) is 6.54 Å². The molecule has 2 aromatic heterocycles. The van der Waals surface area contributed by atoms with Crippen LogP contribution >= 0.6 is 0 Å². The standard InChI is InChI=1S/C9H9N3/c1-2-6-12-7-11-9-8(12)4-3-5-10-9/h2-5,7H,1,6H2. The van der Waals surface area contributed by atoms with Crippen molar-refractivity contribution < 1.29 is 0 Å². The summed E-state index contributed by atoms with van der Waals surface area (Å²) in [6, 6.07) is 3.91. The molecule has 0 unspecified atom stereocenters. The average Bonchev–Trinajstić information content (AvgIpc) is 2.50. The lowest BCUT2D eigenvalue weighted by molar-refractivity contribution is 0.851. The molecule has 0 radical (unpaired) electrons. The van der Waals surface area contributed by atoms with Crippen LogP contribution in [0.3, 0.4) is 0 Å². The summed E-state index contributed by atoms with van der Waals surface area (Å²) in [7, 11) is 0. The van der Waals surface area contributed by atoms with Crippen molar-refractivity contribution in [1.29, 1.82) is 0 Å². The Hall–Kier alpha value is -1.64. The zero-order valence-electron chi connectivity index (χ0n) is 6.64. The summed E-state index contributed by atoms with van der Waals surface area (Å²) in [5, 5.41) is 0. The molecule has 60 valence electrons. The Bertz CT molecular complexity index is 403. The Balaban J connectivity index is 2.62. The summed E-state index contributed by atoms with van der Waals surface area (Å²) in [5.41, 5.74) is 1.84. The quantitative estimate of drug-likeness (QED) is 0.623. The van der Waals surface area contributed by atoms with Crippen LogP contribution in [0.2, 0.25) is 0 Å². The van der Waals surface area contributed by atoms with Crippen molar-refractivity contribution in [1.82, 2.24) is 14.5 Å². The van der Waals surface area contributed by atoms with E-state index in [9.17, 15) is 0 Å². The third-order valence-corrected chi connectivity index (χ3v) is 1.72. The largest absolute Gasteiger partial charge is 0.325 e. The normalized spacial score (nSPS) is 10.3. The summed E-state index contributed by atoms with van der Waals surface area (Å²) >= 11 is 0. The van der Waals surface area contributed by atoms with Crippen LogP contribution in [0.1, 0.15) is 0 Å². The fourth-order valence-corrected chi connectivity index (χ4v) is 1.18. The van der Waals surface area contributed by atoms with Crippen LogP contribution in [0.25, 0.3) is 11.2 Å². The fraction of sp³-hybridized carbons (Fsp3) is 0.111. The van der Waals surface area contributed by atoms with Gasteiger partial charge in [0.1, 0.15) is 0 Å². The molecular formula is C9H9N3. The second-order valence-corrected chi connectivity index (χ2v) is 2.53. The van der Waals surface area contributed by atoms with Crippen LogP contribution in [-0.4, -0.2) is 14.5 Å². The van der Waals surface area contributed by atoms with Gasteiger partial charge in [0.05, 0.1) is 11.8 Å². The summed E-state index contributed by atoms with van der Waals surface area (Å²) < 4.78 is 2.01. The number of imidazole rings is 1. The minimum atomic E-state index is 0.780. The molecule has 0 saturated carbocycles. The molecule has 0 aromatic carbocycles. The van der Waals surface area contributed by atoms with Gasteiger partial charge < -0.3 is 4.57 Å². The van der Waals surface area contributed by atoms with Gasteiger partial charge in [0.25, 0.3) is 0 Å². The number of rotatable bonds is 2. The van der Waals surface area contributed by atoms with Gasteiger partial charge in [-0.05, 0) is 12.1 Å². The number of allylic oxidation sites excluding steroid dienone is 1. The first-order valence-electron chi connectivity index (χ1n) is 3.78. The van der Waals surface area contributed by atoms with Gasteiger partial charge in [-0.15, -0.1) is 6.58 Å². The van der Waals surface area contributed by atoms with Gasteiger partial charge in [0.15, 0.2) is 5.65 Å². The van der Waals surface area contributed by atoms with E-state index in [0.717, 1.165) is 17.7 Å². The van der Waals surface area contributed by atoms with E-state index < -0.39 is 0 Å². The Kier molecular flexibility index (Phi) is 1.63. The van der Waals surface area contributed by atoms with E-state index in [1.54, 1.807) is 12.5 Å². The van der Waals surface area contributed by atoms with Gasteiger partial charge in [-0.3, -0.25) is 0 Å². The van der Waals surface area contributed by atoms with E-state index in [2.05, 4.69) is 16.5 Å². The predicted octanol–water partition coefficient (Wildman–Crippen LogP) is 1.62. The molecule has 2 aromatic rings. The number of nitrogens with zero attached hydrogens (tertiary/aromatic N) is 3. The molecule has 0 aliphatic heterocycles. The van der Waals surface area contributed by atoms with E-state index in [-0.39, 0.29) is 0 Å². The van der Waals surface area contributed by atoms with E-state index in [4.69, 9.17) is 0 Å². The maximum absolute atomic E-state index is 4.14. The Morgan fingerprint density at radius 1 is 1.50 bits per heavy atom. The molecule has 0 saturated heterocycles. The van der Waals surface area contributed by atoms with Gasteiger partial charge in [-0.25, -0.2) is 9.97 Å². The van der Waals surface area contributed by atoms with E-state index in [0.29, 0.717) is 0 Å². The molecule has 12 heavy (non-hydrogen) atoms. The topological polar surface area (TPSA) is 30.7 Å². The van der Waals surface area contributed by atoms with Crippen molar-refractivity contribution >= 4 is 11.2 Å². The first-order chi connectivity index (χ1) is 5.92. The summed E-state index contributed by atoms with van der Waals surface area (Å²) in [6.07, 6.45) is 5.36. The van der Waals surface area contributed by atoms with Gasteiger partial charge >= 0.3 is 0 Å². The lowest BCUT2D eigenvalue weighted by atomic mass is 10.4. The van der Waals surface area contributed by atoms with E-state index in [1.807, 2.05) is 22.8 Å². The molecule has 0 aliphatic rings. The van der Waals surface area contributed by atoms with Crippen molar-refractivity contribution in [3.8, 4) is 0 Å². The molecule has 3 nitrogen and oxygen atoms in total. The predicted molar refractivity (Wildman–Crippen MR) is 47.7 cm³/mol. The highest BCUT2D eigenvalue weighted by atomic mass is 15.1. The van der Waals surface area contributed by atoms with Gasteiger partial charge in [-0.2, -0.15) is 0 Å². The van der Waals surface area contributed by atoms with Crippen LogP contribution in [0, 0.1) is 0 Å². The van der Waals surface area contributed by atoms with Crippen LogP contribution < -0.4 is 0 Å². The number of aromatic nitrogens is 3. The monoisotopic (exact) mass is 159 g/mol. The molecule has 0 amide bonds. The maximum atomic E-state index is 4.14.